The van der Waals surface area contributed by atoms with E-state index in [-0.39, 0.29) is 5.92 Å². The van der Waals surface area contributed by atoms with Gasteiger partial charge in [0.05, 0.1) is 13.7 Å². The summed E-state index contributed by atoms with van der Waals surface area (Å²) >= 11 is 0. The second-order valence-corrected chi connectivity index (χ2v) is 6.98. The fourth-order valence-corrected chi connectivity index (χ4v) is 4.18. The number of carboxylic acid groups (broad SMARTS) is 1. The standard InChI is InChI=1S/C18H23NO6/c1-22-14-7-16-15(24-4-5-25-16)6-12(14)8-19-9-13-2-3-23-11-18(13,10-19)17(20)21/h6-7,13H,2-5,8-11H2,1H3,(H,20,21)/t13-,18+/m0/s1. The Labute approximate surface area is 146 Å². The number of aliphatic carboxylic acids is 1. The number of carboxylic acids is 1. The van der Waals surface area contributed by atoms with Gasteiger partial charge >= 0.3 is 5.97 Å². The Morgan fingerprint density at radius 1 is 1.32 bits per heavy atom. The summed E-state index contributed by atoms with van der Waals surface area (Å²) in [7, 11) is 1.63. The van der Waals surface area contributed by atoms with Crippen molar-refractivity contribution >= 4 is 5.97 Å². The van der Waals surface area contributed by atoms with E-state index in [1.807, 2.05) is 12.1 Å². The largest absolute Gasteiger partial charge is 0.496 e. The van der Waals surface area contributed by atoms with Crippen LogP contribution in [0.5, 0.6) is 17.2 Å². The van der Waals surface area contributed by atoms with Crippen LogP contribution in [0.3, 0.4) is 0 Å². The van der Waals surface area contributed by atoms with Gasteiger partial charge in [-0.1, -0.05) is 0 Å². The Bertz CT molecular complexity index is 678. The van der Waals surface area contributed by atoms with Crippen LogP contribution in [0.25, 0.3) is 0 Å². The topological polar surface area (TPSA) is 77.5 Å². The molecule has 2 atom stereocenters. The van der Waals surface area contributed by atoms with Gasteiger partial charge in [0.15, 0.2) is 11.5 Å². The highest BCUT2D eigenvalue weighted by Crippen LogP contribution is 2.43. The second-order valence-electron chi connectivity index (χ2n) is 6.98. The molecule has 3 heterocycles. The average Bonchev–Trinajstić information content (AvgIpc) is 3.00. The predicted molar refractivity (Wildman–Crippen MR) is 88.3 cm³/mol. The number of nitrogens with zero attached hydrogens (tertiary/aromatic N) is 1. The Hall–Kier alpha value is -1.99. The lowest BCUT2D eigenvalue weighted by atomic mass is 9.76. The van der Waals surface area contributed by atoms with Crippen molar-refractivity contribution in [1.82, 2.24) is 4.90 Å². The van der Waals surface area contributed by atoms with Crippen molar-refractivity contribution in [3.8, 4) is 17.2 Å². The lowest BCUT2D eigenvalue weighted by molar-refractivity contribution is -0.159. The summed E-state index contributed by atoms with van der Waals surface area (Å²) in [4.78, 5) is 14.1. The highest BCUT2D eigenvalue weighted by molar-refractivity contribution is 5.76. The van der Waals surface area contributed by atoms with E-state index < -0.39 is 11.4 Å². The van der Waals surface area contributed by atoms with Gasteiger partial charge in [-0.25, -0.2) is 0 Å². The molecule has 0 spiro atoms. The maximum absolute atomic E-state index is 11.9. The summed E-state index contributed by atoms with van der Waals surface area (Å²) in [5, 5.41) is 9.77. The quantitative estimate of drug-likeness (QED) is 0.880. The van der Waals surface area contributed by atoms with Gasteiger partial charge in [-0.15, -0.1) is 0 Å². The third-order valence-electron chi connectivity index (χ3n) is 5.50. The molecule has 7 nitrogen and oxygen atoms in total. The minimum Gasteiger partial charge on any atom is -0.496 e. The van der Waals surface area contributed by atoms with Crippen molar-refractivity contribution in [3.63, 3.8) is 0 Å². The SMILES string of the molecule is COc1cc2c(cc1CN1C[C@@H]3CCOC[C@]3(C(=O)O)C1)OCCO2. The second kappa shape index (κ2) is 6.38. The predicted octanol–water partition coefficient (Wildman–Crippen LogP) is 1.39. The van der Waals surface area contributed by atoms with E-state index in [0.717, 1.165) is 30.0 Å². The molecular weight excluding hydrogens is 326 g/mol. The van der Waals surface area contributed by atoms with E-state index >= 15 is 0 Å². The van der Waals surface area contributed by atoms with Crippen LogP contribution in [0.2, 0.25) is 0 Å². The van der Waals surface area contributed by atoms with Gasteiger partial charge < -0.3 is 24.1 Å². The molecule has 2 saturated heterocycles. The lowest BCUT2D eigenvalue weighted by Crippen LogP contribution is -2.46. The van der Waals surface area contributed by atoms with Gasteiger partial charge in [0, 0.05) is 37.9 Å². The summed E-state index contributed by atoms with van der Waals surface area (Å²) in [6, 6.07) is 3.79. The van der Waals surface area contributed by atoms with Gasteiger partial charge in [-0.3, -0.25) is 9.69 Å². The molecule has 0 unspecified atom stereocenters. The summed E-state index contributed by atoms with van der Waals surface area (Å²) in [5.74, 6) is 1.52. The van der Waals surface area contributed by atoms with Crippen LogP contribution in [-0.2, 0) is 16.1 Å². The molecule has 3 aliphatic rings. The van der Waals surface area contributed by atoms with Gasteiger partial charge in [-0.05, 0) is 18.4 Å². The van der Waals surface area contributed by atoms with Crippen molar-refractivity contribution in [3.05, 3.63) is 17.7 Å². The molecule has 0 saturated carbocycles. The highest BCUT2D eigenvalue weighted by Gasteiger charge is 2.54. The number of likely N-dealkylation sites (tertiary alicyclic amines) is 1. The highest BCUT2D eigenvalue weighted by atomic mass is 16.6. The Balaban J connectivity index is 1.57. The zero-order chi connectivity index (χ0) is 17.4. The molecule has 0 bridgehead atoms. The Kier molecular flexibility index (Phi) is 4.21. The van der Waals surface area contributed by atoms with Gasteiger partial charge in [0.25, 0.3) is 0 Å². The van der Waals surface area contributed by atoms with E-state index in [1.165, 1.54) is 0 Å². The third-order valence-corrected chi connectivity index (χ3v) is 5.50. The van der Waals surface area contributed by atoms with Crippen LogP contribution in [0.1, 0.15) is 12.0 Å². The van der Waals surface area contributed by atoms with Crippen molar-refractivity contribution in [2.45, 2.75) is 13.0 Å². The van der Waals surface area contributed by atoms with E-state index in [0.29, 0.717) is 45.3 Å². The summed E-state index contributed by atoms with van der Waals surface area (Å²) in [6.45, 7) is 3.86. The van der Waals surface area contributed by atoms with Crippen molar-refractivity contribution in [1.29, 1.82) is 0 Å². The molecule has 1 N–H and O–H groups in total. The number of benzene rings is 1. The molecule has 0 aliphatic carbocycles. The molecular formula is C18H23NO6. The normalized spacial score (nSPS) is 28.4. The molecule has 136 valence electrons. The number of carbonyl (C=O) groups is 1. The fraction of sp³-hybridized carbons (Fsp3) is 0.611. The van der Waals surface area contributed by atoms with Crippen LogP contribution in [0.15, 0.2) is 12.1 Å². The van der Waals surface area contributed by atoms with E-state index in [2.05, 4.69) is 4.90 Å². The van der Waals surface area contributed by atoms with E-state index in [9.17, 15) is 9.90 Å². The first kappa shape index (κ1) is 16.5. The summed E-state index contributed by atoms with van der Waals surface area (Å²) in [5.41, 5.74) is 0.186. The zero-order valence-electron chi connectivity index (χ0n) is 14.3. The van der Waals surface area contributed by atoms with E-state index in [4.69, 9.17) is 18.9 Å². The average molecular weight is 349 g/mol. The van der Waals surface area contributed by atoms with Crippen molar-refractivity contribution in [2.75, 3.05) is 46.6 Å². The first-order valence-corrected chi connectivity index (χ1v) is 8.62. The number of fused-ring (bicyclic) bond motifs is 2. The fourth-order valence-electron chi connectivity index (χ4n) is 4.18. The molecule has 1 aromatic rings. The maximum atomic E-state index is 11.9. The first-order valence-electron chi connectivity index (χ1n) is 8.62. The van der Waals surface area contributed by atoms with Crippen LogP contribution in [0.4, 0.5) is 0 Å². The van der Waals surface area contributed by atoms with Crippen molar-refractivity contribution < 1.29 is 28.8 Å². The molecule has 0 amide bonds. The molecule has 2 fully saturated rings. The van der Waals surface area contributed by atoms with Crippen LogP contribution < -0.4 is 14.2 Å². The van der Waals surface area contributed by atoms with E-state index in [1.54, 1.807) is 7.11 Å². The van der Waals surface area contributed by atoms with Crippen LogP contribution >= 0.6 is 0 Å². The number of hydrogen-bond acceptors (Lipinski definition) is 6. The third kappa shape index (κ3) is 2.81. The van der Waals surface area contributed by atoms with Crippen molar-refractivity contribution in [2.24, 2.45) is 11.3 Å². The zero-order valence-corrected chi connectivity index (χ0v) is 14.3. The summed E-state index contributed by atoms with van der Waals surface area (Å²) < 4.78 is 22.3. The number of ether oxygens (including phenoxy) is 4. The molecule has 25 heavy (non-hydrogen) atoms. The molecule has 0 radical (unpaired) electrons. The summed E-state index contributed by atoms with van der Waals surface area (Å²) in [6.07, 6.45) is 0.793. The van der Waals surface area contributed by atoms with Gasteiger partial charge in [-0.2, -0.15) is 0 Å². The molecule has 0 aromatic heterocycles. The van der Waals surface area contributed by atoms with Gasteiger partial charge in [0.1, 0.15) is 24.4 Å². The molecule has 1 aromatic carbocycles. The molecule has 3 aliphatic heterocycles. The maximum Gasteiger partial charge on any atom is 0.313 e. The monoisotopic (exact) mass is 349 g/mol. The van der Waals surface area contributed by atoms with Crippen LogP contribution in [0, 0.1) is 11.3 Å². The Morgan fingerprint density at radius 3 is 2.76 bits per heavy atom. The minimum atomic E-state index is -0.792. The van der Waals surface area contributed by atoms with Gasteiger partial charge in [0.2, 0.25) is 0 Å². The smallest absolute Gasteiger partial charge is 0.313 e. The number of methoxy groups -OCH3 is 1. The molecule has 7 heteroatoms. The molecule has 4 rings (SSSR count). The first-order chi connectivity index (χ1) is 12.1. The minimum absolute atomic E-state index is 0.127. The number of rotatable bonds is 4. The van der Waals surface area contributed by atoms with Crippen LogP contribution in [-0.4, -0.2) is 62.6 Å². The Morgan fingerprint density at radius 2 is 2.08 bits per heavy atom. The number of hydrogen-bond donors (Lipinski definition) is 1. The lowest BCUT2D eigenvalue weighted by Gasteiger charge is -2.34.